The van der Waals surface area contributed by atoms with Crippen LogP contribution in [-0.4, -0.2) is 11.9 Å². The lowest BCUT2D eigenvalue weighted by molar-refractivity contribution is -0.116. The quantitative estimate of drug-likeness (QED) is 0.880. The Balaban J connectivity index is 1.73. The highest BCUT2D eigenvalue weighted by Crippen LogP contribution is 2.27. The van der Waals surface area contributed by atoms with E-state index in [-0.39, 0.29) is 11.9 Å². The van der Waals surface area contributed by atoms with Crippen LogP contribution in [0.1, 0.15) is 11.1 Å². The normalized spacial score (nSPS) is 15.7. The molecule has 0 saturated heterocycles. The summed E-state index contributed by atoms with van der Waals surface area (Å²) in [7, 11) is 0. The van der Waals surface area contributed by atoms with Crippen LogP contribution in [-0.2, 0) is 11.2 Å². The molecule has 0 unspecified atom stereocenters. The maximum Gasteiger partial charge on any atom is 0.247 e. The standard InChI is InChI=1S/C16H12BrN3O/c17-12-7-10(9-18)5-6-14(12)20-16(21)15-8-11-3-1-2-4-13(11)19-15/h1-7,15,19H,8H2,(H,20,21)/t15-/m0/s1. The molecular weight excluding hydrogens is 330 g/mol. The lowest BCUT2D eigenvalue weighted by atomic mass is 10.1. The maximum atomic E-state index is 12.3. The van der Waals surface area contributed by atoms with Gasteiger partial charge >= 0.3 is 0 Å². The highest BCUT2D eigenvalue weighted by molar-refractivity contribution is 9.10. The molecule has 0 aliphatic carbocycles. The predicted octanol–water partition coefficient (Wildman–Crippen LogP) is 3.30. The van der Waals surface area contributed by atoms with Crippen LogP contribution in [0.2, 0.25) is 0 Å². The highest BCUT2D eigenvalue weighted by Gasteiger charge is 2.26. The molecule has 1 heterocycles. The summed E-state index contributed by atoms with van der Waals surface area (Å²) in [6, 6.07) is 14.8. The fourth-order valence-corrected chi connectivity index (χ4v) is 2.84. The van der Waals surface area contributed by atoms with Crippen LogP contribution in [0, 0.1) is 11.3 Å². The van der Waals surface area contributed by atoms with E-state index in [1.165, 1.54) is 0 Å². The SMILES string of the molecule is N#Cc1ccc(NC(=O)[C@@H]2Cc3ccccc3N2)c(Br)c1. The van der Waals surface area contributed by atoms with Crippen molar-refractivity contribution in [2.24, 2.45) is 0 Å². The summed E-state index contributed by atoms with van der Waals surface area (Å²) >= 11 is 3.37. The monoisotopic (exact) mass is 341 g/mol. The van der Waals surface area contributed by atoms with E-state index in [2.05, 4.69) is 32.6 Å². The molecule has 2 aromatic rings. The van der Waals surface area contributed by atoms with Gasteiger partial charge in [-0.25, -0.2) is 0 Å². The van der Waals surface area contributed by atoms with Crippen molar-refractivity contribution < 1.29 is 4.79 Å². The van der Waals surface area contributed by atoms with Crippen LogP contribution < -0.4 is 10.6 Å². The Labute approximate surface area is 130 Å². The molecule has 1 amide bonds. The summed E-state index contributed by atoms with van der Waals surface area (Å²) in [5, 5.41) is 14.9. The average molecular weight is 342 g/mol. The lowest BCUT2D eigenvalue weighted by Gasteiger charge is -2.13. The molecule has 5 heteroatoms. The number of nitrogens with zero attached hydrogens (tertiary/aromatic N) is 1. The number of para-hydroxylation sites is 1. The fraction of sp³-hybridized carbons (Fsp3) is 0.125. The fourth-order valence-electron chi connectivity index (χ4n) is 2.36. The third-order valence-electron chi connectivity index (χ3n) is 3.44. The van der Waals surface area contributed by atoms with E-state index < -0.39 is 0 Å². The Bertz CT molecular complexity index is 726. The second-order valence-electron chi connectivity index (χ2n) is 4.85. The molecular formula is C16H12BrN3O. The minimum atomic E-state index is -0.273. The van der Waals surface area contributed by atoms with Crippen molar-refractivity contribution in [2.45, 2.75) is 12.5 Å². The zero-order valence-electron chi connectivity index (χ0n) is 11.1. The summed E-state index contributed by atoms with van der Waals surface area (Å²) < 4.78 is 0.699. The van der Waals surface area contributed by atoms with Gasteiger partial charge in [-0.05, 0) is 45.8 Å². The van der Waals surface area contributed by atoms with Gasteiger partial charge in [0.15, 0.2) is 0 Å². The Morgan fingerprint density at radius 1 is 1.33 bits per heavy atom. The first-order chi connectivity index (χ1) is 10.2. The van der Waals surface area contributed by atoms with Gasteiger partial charge in [-0.2, -0.15) is 5.26 Å². The third-order valence-corrected chi connectivity index (χ3v) is 4.10. The minimum absolute atomic E-state index is 0.0865. The molecule has 0 fully saturated rings. The number of amides is 1. The largest absolute Gasteiger partial charge is 0.373 e. The van der Waals surface area contributed by atoms with Gasteiger partial charge in [-0.3, -0.25) is 4.79 Å². The number of hydrogen-bond acceptors (Lipinski definition) is 3. The first-order valence-electron chi connectivity index (χ1n) is 6.52. The number of carbonyl (C=O) groups excluding carboxylic acids is 1. The number of hydrogen-bond donors (Lipinski definition) is 2. The van der Waals surface area contributed by atoms with Gasteiger partial charge in [0.2, 0.25) is 5.91 Å². The molecule has 0 spiro atoms. The van der Waals surface area contributed by atoms with Gasteiger partial charge in [0.05, 0.1) is 17.3 Å². The minimum Gasteiger partial charge on any atom is -0.373 e. The topological polar surface area (TPSA) is 64.9 Å². The average Bonchev–Trinajstić information content (AvgIpc) is 2.93. The van der Waals surface area contributed by atoms with E-state index >= 15 is 0 Å². The van der Waals surface area contributed by atoms with Crippen molar-refractivity contribution in [3.8, 4) is 6.07 Å². The molecule has 0 radical (unpaired) electrons. The van der Waals surface area contributed by atoms with Crippen molar-refractivity contribution in [1.29, 1.82) is 5.26 Å². The zero-order valence-corrected chi connectivity index (χ0v) is 12.6. The molecule has 3 rings (SSSR count). The first-order valence-corrected chi connectivity index (χ1v) is 7.31. The molecule has 1 atom stereocenters. The Kier molecular flexibility index (Phi) is 3.63. The summed E-state index contributed by atoms with van der Waals surface area (Å²) in [5.41, 5.74) is 3.37. The van der Waals surface area contributed by atoms with Crippen molar-refractivity contribution >= 4 is 33.2 Å². The summed E-state index contributed by atoms with van der Waals surface area (Å²) in [4.78, 5) is 12.3. The molecule has 2 N–H and O–H groups in total. The van der Waals surface area contributed by atoms with E-state index in [9.17, 15) is 4.79 Å². The van der Waals surface area contributed by atoms with E-state index in [4.69, 9.17) is 5.26 Å². The number of halogens is 1. The number of anilines is 2. The van der Waals surface area contributed by atoms with Crippen molar-refractivity contribution in [1.82, 2.24) is 0 Å². The Hall–Kier alpha value is -2.32. The predicted molar refractivity (Wildman–Crippen MR) is 85.0 cm³/mol. The first kappa shape index (κ1) is 13.7. The molecule has 0 aromatic heterocycles. The number of rotatable bonds is 2. The molecule has 104 valence electrons. The van der Waals surface area contributed by atoms with E-state index in [0.717, 1.165) is 11.3 Å². The van der Waals surface area contributed by atoms with Gasteiger partial charge in [0, 0.05) is 16.6 Å². The van der Waals surface area contributed by atoms with Crippen LogP contribution in [0.25, 0.3) is 0 Å². The lowest BCUT2D eigenvalue weighted by Crippen LogP contribution is -2.32. The molecule has 4 nitrogen and oxygen atoms in total. The summed E-state index contributed by atoms with van der Waals surface area (Å²) in [5.74, 6) is -0.0865. The Morgan fingerprint density at radius 2 is 2.14 bits per heavy atom. The van der Waals surface area contributed by atoms with Crippen LogP contribution in [0.4, 0.5) is 11.4 Å². The second kappa shape index (κ2) is 5.58. The van der Waals surface area contributed by atoms with Crippen LogP contribution in [0.15, 0.2) is 46.9 Å². The Morgan fingerprint density at radius 3 is 2.86 bits per heavy atom. The van der Waals surface area contributed by atoms with Gasteiger partial charge in [-0.15, -0.1) is 0 Å². The van der Waals surface area contributed by atoms with Gasteiger partial charge in [-0.1, -0.05) is 18.2 Å². The van der Waals surface area contributed by atoms with E-state index in [1.54, 1.807) is 18.2 Å². The smallest absolute Gasteiger partial charge is 0.247 e. The van der Waals surface area contributed by atoms with Crippen molar-refractivity contribution in [3.05, 3.63) is 58.1 Å². The van der Waals surface area contributed by atoms with Crippen molar-refractivity contribution in [2.75, 3.05) is 10.6 Å². The number of nitrogens with one attached hydrogen (secondary N) is 2. The maximum absolute atomic E-state index is 12.3. The van der Waals surface area contributed by atoms with E-state index in [0.29, 0.717) is 22.1 Å². The number of carbonyl (C=O) groups is 1. The third kappa shape index (κ3) is 2.76. The molecule has 0 saturated carbocycles. The van der Waals surface area contributed by atoms with Gasteiger partial charge < -0.3 is 10.6 Å². The molecule has 21 heavy (non-hydrogen) atoms. The number of fused-ring (bicyclic) bond motifs is 1. The molecule has 2 aromatic carbocycles. The second-order valence-corrected chi connectivity index (χ2v) is 5.71. The van der Waals surface area contributed by atoms with Gasteiger partial charge in [0.25, 0.3) is 0 Å². The van der Waals surface area contributed by atoms with Crippen LogP contribution >= 0.6 is 15.9 Å². The van der Waals surface area contributed by atoms with Gasteiger partial charge in [0.1, 0.15) is 6.04 Å². The number of benzene rings is 2. The summed E-state index contributed by atoms with van der Waals surface area (Å²) in [6.07, 6.45) is 0.676. The van der Waals surface area contributed by atoms with Crippen LogP contribution in [0.5, 0.6) is 0 Å². The summed E-state index contributed by atoms with van der Waals surface area (Å²) in [6.45, 7) is 0. The zero-order chi connectivity index (χ0) is 14.8. The highest BCUT2D eigenvalue weighted by atomic mass is 79.9. The van der Waals surface area contributed by atoms with E-state index in [1.807, 2.05) is 24.3 Å². The van der Waals surface area contributed by atoms with Crippen molar-refractivity contribution in [3.63, 3.8) is 0 Å². The number of nitriles is 1. The molecule has 1 aliphatic heterocycles. The molecule has 0 bridgehead atoms. The molecule has 1 aliphatic rings. The van der Waals surface area contributed by atoms with Crippen LogP contribution in [0.3, 0.4) is 0 Å².